The minimum absolute atomic E-state index is 0.120. The van der Waals surface area contributed by atoms with Gasteiger partial charge in [-0.05, 0) is 44.7 Å². The highest BCUT2D eigenvalue weighted by molar-refractivity contribution is 7.89. The lowest BCUT2D eigenvalue weighted by molar-refractivity contribution is 0.417. The van der Waals surface area contributed by atoms with E-state index in [1.54, 1.807) is 6.07 Å². The number of hydrogen-bond acceptors (Lipinski definition) is 5. The zero-order valence-corrected chi connectivity index (χ0v) is 12.9. The Kier molecular flexibility index (Phi) is 4.24. The number of aromatic hydroxyl groups is 1. The lowest BCUT2D eigenvalue weighted by atomic mass is 10.1. The number of phenolic OH excluding ortho intramolecular Hbond substituents is 1. The van der Waals surface area contributed by atoms with E-state index in [1.165, 1.54) is 13.1 Å². The number of benzene rings is 1. The first-order valence-corrected chi connectivity index (χ1v) is 7.89. The molecule has 0 spiro atoms. The van der Waals surface area contributed by atoms with Crippen LogP contribution in [-0.4, -0.2) is 20.6 Å². The maximum Gasteiger partial charge on any atom is 0.273 e. The summed E-state index contributed by atoms with van der Waals surface area (Å²) in [6, 6.07) is 6.67. The van der Waals surface area contributed by atoms with Gasteiger partial charge in [-0.15, -0.1) is 0 Å². The molecular weight excluding hydrogens is 292 g/mol. The quantitative estimate of drug-likeness (QED) is 0.787. The number of phenols is 1. The molecule has 0 aliphatic carbocycles. The molecule has 0 radical (unpaired) electrons. The molecule has 0 bridgehead atoms. The topological polar surface area (TPSA) is 91.6 Å². The standard InChI is InChI=1S/C14H18N2O4S/c1-9-4-6-12(10(2)14(9)17)16-8-11-5-7-13(20-11)21(18,19)15-3/h4-7,15-17H,8H2,1-3H3. The van der Waals surface area contributed by atoms with Crippen LogP contribution in [0.15, 0.2) is 33.8 Å². The van der Waals surface area contributed by atoms with Crippen LogP contribution in [-0.2, 0) is 16.6 Å². The summed E-state index contributed by atoms with van der Waals surface area (Å²) < 4.78 is 30.6. The van der Waals surface area contributed by atoms with Crippen LogP contribution in [0.5, 0.6) is 5.75 Å². The monoisotopic (exact) mass is 310 g/mol. The Bertz CT molecular complexity index is 750. The maximum atomic E-state index is 11.6. The molecule has 7 heteroatoms. The van der Waals surface area contributed by atoms with Crippen LogP contribution in [0.2, 0.25) is 0 Å². The highest BCUT2D eigenvalue weighted by Crippen LogP contribution is 2.28. The molecule has 0 aliphatic heterocycles. The molecule has 1 aromatic carbocycles. The van der Waals surface area contributed by atoms with Crippen LogP contribution in [0, 0.1) is 13.8 Å². The van der Waals surface area contributed by atoms with Crippen molar-refractivity contribution in [3.8, 4) is 5.75 Å². The summed E-state index contributed by atoms with van der Waals surface area (Å²) in [5.41, 5.74) is 2.32. The molecule has 2 rings (SSSR count). The zero-order valence-electron chi connectivity index (χ0n) is 12.1. The van der Waals surface area contributed by atoms with Gasteiger partial charge in [0.15, 0.2) is 0 Å². The number of furan rings is 1. The lowest BCUT2D eigenvalue weighted by Gasteiger charge is -2.11. The Balaban J connectivity index is 2.13. The summed E-state index contributed by atoms with van der Waals surface area (Å²) in [4.78, 5) is 0. The van der Waals surface area contributed by atoms with Crippen molar-refractivity contribution in [2.24, 2.45) is 0 Å². The molecule has 3 N–H and O–H groups in total. The SMILES string of the molecule is CNS(=O)(=O)c1ccc(CNc2ccc(C)c(O)c2C)o1. The number of rotatable bonds is 5. The first kappa shape index (κ1) is 15.4. The molecule has 0 saturated carbocycles. The summed E-state index contributed by atoms with van der Waals surface area (Å²) in [5.74, 6) is 0.737. The number of hydrogen-bond donors (Lipinski definition) is 3. The van der Waals surface area contributed by atoms with E-state index in [9.17, 15) is 13.5 Å². The molecule has 2 aromatic rings. The molecule has 0 saturated heterocycles. The van der Waals surface area contributed by atoms with E-state index >= 15 is 0 Å². The predicted molar refractivity (Wildman–Crippen MR) is 79.9 cm³/mol. The predicted octanol–water partition coefficient (Wildman–Crippen LogP) is 2.12. The second-order valence-electron chi connectivity index (χ2n) is 4.69. The summed E-state index contributed by atoms with van der Waals surface area (Å²) in [7, 11) is -2.24. The van der Waals surface area contributed by atoms with Gasteiger partial charge in [0, 0.05) is 11.3 Å². The smallest absolute Gasteiger partial charge is 0.273 e. The summed E-state index contributed by atoms with van der Waals surface area (Å²) in [5, 5.41) is 12.9. The minimum atomic E-state index is -3.57. The average molecular weight is 310 g/mol. The fraction of sp³-hybridized carbons (Fsp3) is 0.286. The fourth-order valence-corrected chi connectivity index (χ4v) is 2.57. The first-order chi connectivity index (χ1) is 9.85. The number of aryl methyl sites for hydroxylation is 1. The van der Waals surface area contributed by atoms with Crippen molar-refractivity contribution in [2.45, 2.75) is 25.5 Å². The highest BCUT2D eigenvalue weighted by Gasteiger charge is 2.16. The van der Waals surface area contributed by atoms with Gasteiger partial charge < -0.3 is 14.8 Å². The molecule has 1 aromatic heterocycles. The van der Waals surface area contributed by atoms with Gasteiger partial charge in [-0.1, -0.05) is 6.07 Å². The van der Waals surface area contributed by atoms with Gasteiger partial charge in [0.2, 0.25) is 5.09 Å². The normalized spacial score (nSPS) is 11.6. The van der Waals surface area contributed by atoms with Gasteiger partial charge in [0.25, 0.3) is 10.0 Å². The third-order valence-corrected chi connectivity index (χ3v) is 4.54. The molecular formula is C14H18N2O4S. The minimum Gasteiger partial charge on any atom is -0.507 e. The molecule has 0 amide bonds. The third-order valence-electron chi connectivity index (χ3n) is 3.26. The Morgan fingerprint density at radius 1 is 1.19 bits per heavy atom. The Morgan fingerprint density at radius 3 is 2.57 bits per heavy atom. The van der Waals surface area contributed by atoms with E-state index in [0.29, 0.717) is 12.3 Å². The van der Waals surface area contributed by atoms with Crippen molar-refractivity contribution in [1.82, 2.24) is 4.72 Å². The van der Waals surface area contributed by atoms with Crippen LogP contribution in [0.4, 0.5) is 5.69 Å². The van der Waals surface area contributed by atoms with Crippen LogP contribution in [0.1, 0.15) is 16.9 Å². The van der Waals surface area contributed by atoms with Gasteiger partial charge in [0.05, 0.1) is 6.54 Å². The van der Waals surface area contributed by atoms with Gasteiger partial charge in [-0.3, -0.25) is 0 Å². The van der Waals surface area contributed by atoms with Gasteiger partial charge >= 0.3 is 0 Å². The van der Waals surface area contributed by atoms with Crippen molar-refractivity contribution in [2.75, 3.05) is 12.4 Å². The van der Waals surface area contributed by atoms with Gasteiger partial charge in [-0.2, -0.15) is 0 Å². The van der Waals surface area contributed by atoms with Crippen molar-refractivity contribution < 1.29 is 17.9 Å². The molecule has 0 unspecified atom stereocenters. The first-order valence-electron chi connectivity index (χ1n) is 6.40. The Hall–Kier alpha value is -1.99. The summed E-state index contributed by atoms with van der Waals surface area (Å²) in [6.45, 7) is 3.96. The lowest BCUT2D eigenvalue weighted by Crippen LogP contribution is -2.17. The Labute approximate surface area is 123 Å². The second kappa shape index (κ2) is 5.79. The maximum absolute atomic E-state index is 11.6. The summed E-state index contributed by atoms with van der Waals surface area (Å²) in [6.07, 6.45) is 0. The van der Waals surface area contributed by atoms with E-state index in [-0.39, 0.29) is 10.8 Å². The third kappa shape index (κ3) is 3.20. The average Bonchev–Trinajstić information content (AvgIpc) is 2.94. The highest BCUT2D eigenvalue weighted by atomic mass is 32.2. The summed E-state index contributed by atoms with van der Waals surface area (Å²) >= 11 is 0. The van der Waals surface area contributed by atoms with Crippen molar-refractivity contribution in [1.29, 1.82) is 0 Å². The van der Waals surface area contributed by atoms with E-state index in [4.69, 9.17) is 4.42 Å². The molecule has 1 heterocycles. The van der Waals surface area contributed by atoms with Crippen LogP contribution >= 0.6 is 0 Å². The van der Waals surface area contributed by atoms with Crippen LogP contribution in [0.3, 0.4) is 0 Å². The number of nitrogens with one attached hydrogen (secondary N) is 2. The second-order valence-corrected chi connectivity index (χ2v) is 6.50. The van der Waals surface area contributed by atoms with Crippen LogP contribution in [0.25, 0.3) is 0 Å². The number of sulfonamides is 1. The van der Waals surface area contributed by atoms with E-state index in [1.807, 2.05) is 26.0 Å². The van der Waals surface area contributed by atoms with Crippen molar-refractivity contribution >= 4 is 15.7 Å². The Morgan fingerprint density at radius 2 is 1.90 bits per heavy atom. The fourth-order valence-electron chi connectivity index (χ4n) is 1.91. The molecule has 0 aliphatic rings. The van der Waals surface area contributed by atoms with E-state index < -0.39 is 10.0 Å². The largest absolute Gasteiger partial charge is 0.507 e. The molecule has 6 nitrogen and oxygen atoms in total. The molecule has 114 valence electrons. The molecule has 0 fully saturated rings. The van der Waals surface area contributed by atoms with E-state index in [2.05, 4.69) is 10.0 Å². The van der Waals surface area contributed by atoms with Gasteiger partial charge in [0.1, 0.15) is 11.5 Å². The van der Waals surface area contributed by atoms with Crippen LogP contribution < -0.4 is 10.0 Å². The zero-order chi connectivity index (χ0) is 15.6. The molecule has 0 atom stereocenters. The number of anilines is 1. The van der Waals surface area contributed by atoms with E-state index in [0.717, 1.165) is 16.8 Å². The van der Waals surface area contributed by atoms with Crippen molar-refractivity contribution in [3.05, 3.63) is 41.2 Å². The molecule has 21 heavy (non-hydrogen) atoms. The van der Waals surface area contributed by atoms with Gasteiger partial charge in [-0.25, -0.2) is 13.1 Å². The van der Waals surface area contributed by atoms with Crippen molar-refractivity contribution in [3.63, 3.8) is 0 Å².